The highest BCUT2D eigenvalue weighted by Crippen LogP contribution is 2.09. The first-order valence-corrected chi connectivity index (χ1v) is 5.28. The van der Waals surface area contributed by atoms with Crippen LogP contribution in [-0.2, 0) is 6.54 Å². The smallest absolute Gasteiger partial charge is 0.111 e. The number of piperazine rings is 1. The lowest BCUT2D eigenvalue weighted by Crippen LogP contribution is -2.49. The van der Waals surface area contributed by atoms with Gasteiger partial charge in [-0.3, -0.25) is 4.90 Å². The third kappa shape index (κ3) is 2.56. The molecule has 2 rings (SSSR count). The maximum atomic E-state index is 9.01. The molecule has 0 bridgehead atoms. The van der Waals surface area contributed by atoms with Crippen LogP contribution in [0.2, 0.25) is 0 Å². The third-order valence-electron chi connectivity index (χ3n) is 2.73. The predicted molar refractivity (Wildman–Crippen MR) is 59.1 cm³/mol. The van der Waals surface area contributed by atoms with E-state index < -0.39 is 0 Å². The van der Waals surface area contributed by atoms with E-state index in [9.17, 15) is 0 Å². The van der Waals surface area contributed by atoms with Crippen LogP contribution < -0.4 is 5.32 Å². The molecule has 0 aromatic heterocycles. The molecule has 1 fully saturated rings. The van der Waals surface area contributed by atoms with Crippen molar-refractivity contribution in [3.8, 4) is 6.07 Å². The molecule has 1 aliphatic heterocycles. The standard InChI is InChI=1S/C12H15N3/c13-8-12-9-14-6-7-15(12)10-11-4-2-1-3-5-11/h1-5,12,14H,6-7,9-10H2. The van der Waals surface area contributed by atoms with E-state index in [0.29, 0.717) is 0 Å². The van der Waals surface area contributed by atoms with Crippen LogP contribution in [0.25, 0.3) is 0 Å². The molecule has 0 aliphatic carbocycles. The van der Waals surface area contributed by atoms with Gasteiger partial charge in [0.05, 0.1) is 6.07 Å². The maximum Gasteiger partial charge on any atom is 0.111 e. The number of rotatable bonds is 2. The molecular formula is C12H15N3. The van der Waals surface area contributed by atoms with Gasteiger partial charge in [0.25, 0.3) is 0 Å². The Hall–Kier alpha value is -1.37. The SMILES string of the molecule is N#CC1CNCCN1Cc1ccccc1. The van der Waals surface area contributed by atoms with E-state index in [4.69, 9.17) is 5.26 Å². The average Bonchev–Trinajstić information content (AvgIpc) is 2.31. The summed E-state index contributed by atoms with van der Waals surface area (Å²) in [6.07, 6.45) is 0. The molecule has 0 saturated carbocycles. The summed E-state index contributed by atoms with van der Waals surface area (Å²) in [6, 6.07) is 12.7. The van der Waals surface area contributed by atoms with Crippen molar-refractivity contribution < 1.29 is 0 Å². The van der Waals surface area contributed by atoms with Gasteiger partial charge in [0.15, 0.2) is 0 Å². The Kier molecular flexibility index (Phi) is 3.33. The highest BCUT2D eigenvalue weighted by atomic mass is 15.2. The van der Waals surface area contributed by atoms with Crippen LogP contribution in [0, 0.1) is 11.3 Å². The molecule has 1 heterocycles. The van der Waals surface area contributed by atoms with Gasteiger partial charge in [-0.2, -0.15) is 5.26 Å². The van der Waals surface area contributed by atoms with Crippen LogP contribution in [0.1, 0.15) is 5.56 Å². The second kappa shape index (κ2) is 4.92. The summed E-state index contributed by atoms with van der Waals surface area (Å²) in [7, 11) is 0. The number of nitrogens with one attached hydrogen (secondary N) is 1. The molecule has 0 amide bonds. The summed E-state index contributed by atoms with van der Waals surface area (Å²) in [5.41, 5.74) is 1.28. The topological polar surface area (TPSA) is 39.1 Å². The van der Waals surface area contributed by atoms with Crippen molar-refractivity contribution in [3.05, 3.63) is 35.9 Å². The molecule has 0 radical (unpaired) electrons. The van der Waals surface area contributed by atoms with Crippen molar-refractivity contribution in [3.63, 3.8) is 0 Å². The van der Waals surface area contributed by atoms with E-state index in [1.54, 1.807) is 0 Å². The second-order valence-corrected chi connectivity index (χ2v) is 3.81. The fourth-order valence-corrected chi connectivity index (χ4v) is 1.88. The van der Waals surface area contributed by atoms with Crippen LogP contribution in [-0.4, -0.2) is 30.6 Å². The van der Waals surface area contributed by atoms with E-state index >= 15 is 0 Å². The van der Waals surface area contributed by atoms with Gasteiger partial charge >= 0.3 is 0 Å². The minimum atomic E-state index is 0.0129. The molecule has 1 aromatic rings. The Morgan fingerprint density at radius 3 is 2.93 bits per heavy atom. The summed E-state index contributed by atoms with van der Waals surface area (Å²) in [6.45, 7) is 3.59. The lowest BCUT2D eigenvalue weighted by atomic mass is 10.1. The van der Waals surface area contributed by atoms with E-state index in [-0.39, 0.29) is 6.04 Å². The monoisotopic (exact) mass is 201 g/mol. The molecule has 3 nitrogen and oxygen atoms in total. The Labute approximate surface area is 90.3 Å². The average molecular weight is 201 g/mol. The largest absolute Gasteiger partial charge is 0.313 e. The fraction of sp³-hybridized carbons (Fsp3) is 0.417. The molecule has 1 unspecified atom stereocenters. The van der Waals surface area contributed by atoms with Gasteiger partial charge < -0.3 is 5.32 Å². The van der Waals surface area contributed by atoms with E-state index in [1.807, 2.05) is 18.2 Å². The summed E-state index contributed by atoms with van der Waals surface area (Å²) >= 11 is 0. The summed E-state index contributed by atoms with van der Waals surface area (Å²) in [5.74, 6) is 0. The maximum absolute atomic E-state index is 9.01. The highest BCUT2D eigenvalue weighted by Gasteiger charge is 2.21. The van der Waals surface area contributed by atoms with Crippen LogP contribution >= 0.6 is 0 Å². The van der Waals surface area contributed by atoms with Gasteiger partial charge in [0.1, 0.15) is 6.04 Å². The molecule has 1 aromatic carbocycles. The molecule has 1 aliphatic rings. The van der Waals surface area contributed by atoms with Crippen LogP contribution in [0.15, 0.2) is 30.3 Å². The lowest BCUT2D eigenvalue weighted by Gasteiger charge is -2.31. The van der Waals surface area contributed by atoms with Crippen molar-refractivity contribution in [2.24, 2.45) is 0 Å². The van der Waals surface area contributed by atoms with Crippen LogP contribution in [0.4, 0.5) is 0 Å². The first-order chi connectivity index (χ1) is 7.40. The zero-order valence-electron chi connectivity index (χ0n) is 8.69. The molecular weight excluding hydrogens is 186 g/mol. The van der Waals surface area contributed by atoms with E-state index in [1.165, 1.54) is 5.56 Å². The first kappa shape index (κ1) is 10.2. The minimum absolute atomic E-state index is 0.0129. The van der Waals surface area contributed by atoms with Crippen LogP contribution in [0.5, 0.6) is 0 Å². The lowest BCUT2D eigenvalue weighted by molar-refractivity contribution is 0.189. The van der Waals surface area contributed by atoms with Gasteiger partial charge in [0, 0.05) is 26.2 Å². The van der Waals surface area contributed by atoms with Gasteiger partial charge in [-0.25, -0.2) is 0 Å². The molecule has 15 heavy (non-hydrogen) atoms. The summed E-state index contributed by atoms with van der Waals surface area (Å²) in [5, 5.41) is 12.2. The number of benzene rings is 1. The van der Waals surface area contributed by atoms with Crippen molar-refractivity contribution in [1.82, 2.24) is 10.2 Å². The quantitative estimate of drug-likeness (QED) is 0.775. The first-order valence-electron chi connectivity index (χ1n) is 5.28. The van der Waals surface area contributed by atoms with E-state index in [0.717, 1.165) is 26.2 Å². The molecule has 1 atom stereocenters. The van der Waals surface area contributed by atoms with Gasteiger partial charge in [-0.05, 0) is 5.56 Å². The molecule has 78 valence electrons. The van der Waals surface area contributed by atoms with Crippen LogP contribution in [0.3, 0.4) is 0 Å². The summed E-state index contributed by atoms with van der Waals surface area (Å²) in [4.78, 5) is 2.23. The normalized spacial score (nSPS) is 22.2. The second-order valence-electron chi connectivity index (χ2n) is 3.81. The predicted octanol–water partition coefficient (Wildman–Crippen LogP) is 0.984. The molecule has 1 saturated heterocycles. The summed E-state index contributed by atoms with van der Waals surface area (Å²) < 4.78 is 0. The Morgan fingerprint density at radius 2 is 2.20 bits per heavy atom. The number of nitriles is 1. The fourth-order valence-electron chi connectivity index (χ4n) is 1.88. The third-order valence-corrected chi connectivity index (χ3v) is 2.73. The van der Waals surface area contributed by atoms with E-state index in [2.05, 4.69) is 28.4 Å². The van der Waals surface area contributed by atoms with Crippen molar-refractivity contribution in [1.29, 1.82) is 5.26 Å². The highest BCUT2D eigenvalue weighted by molar-refractivity contribution is 5.15. The minimum Gasteiger partial charge on any atom is -0.313 e. The number of nitrogens with zero attached hydrogens (tertiary/aromatic N) is 2. The Morgan fingerprint density at radius 1 is 1.40 bits per heavy atom. The zero-order chi connectivity index (χ0) is 10.5. The van der Waals surface area contributed by atoms with Crippen molar-refractivity contribution in [2.45, 2.75) is 12.6 Å². The Bertz CT molecular complexity index is 342. The Balaban J connectivity index is 2.01. The molecule has 0 spiro atoms. The number of hydrogen-bond acceptors (Lipinski definition) is 3. The number of hydrogen-bond donors (Lipinski definition) is 1. The van der Waals surface area contributed by atoms with Gasteiger partial charge in [-0.15, -0.1) is 0 Å². The molecule has 1 N–H and O–H groups in total. The van der Waals surface area contributed by atoms with Crippen molar-refractivity contribution >= 4 is 0 Å². The zero-order valence-corrected chi connectivity index (χ0v) is 8.69. The van der Waals surface area contributed by atoms with Crippen molar-refractivity contribution in [2.75, 3.05) is 19.6 Å². The molecule has 3 heteroatoms. The van der Waals surface area contributed by atoms with Gasteiger partial charge in [-0.1, -0.05) is 30.3 Å². The van der Waals surface area contributed by atoms with Gasteiger partial charge in [0.2, 0.25) is 0 Å².